The number of amides is 2. The molecule has 31 heavy (non-hydrogen) atoms. The van der Waals surface area contributed by atoms with Crippen LogP contribution >= 0.6 is 0 Å². The molecular formula is C27H34N2O2. The maximum absolute atomic E-state index is 13.2. The molecule has 2 aromatic rings. The first-order valence-corrected chi connectivity index (χ1v) is 11.2. The van der Waals surface area contributed by atoms with Gasteiger partial charge in [0.1, 0.15) is 6.04 Å². The summed E-state index contributed by atoms with van der Waals surface area (Å²) in [5.41, 5.74) is 3.65. The summed E-state index contributed by atoms with van der Waals surface area (Å²) in [6.45, 7) is 8.74. The summed E-state index contributed by atoms with van der Waals surface area (Å²) in [6.07, 6.45) is 5.24. The highest BCUT2D eigenvalue weighted by Gasteiger charge is 2.30. The van der Waals surface area contributed by atoms with E-state index in [2.05, 4.69) is 42.6 Å². The number of benzene rings is 2. The van der Waals surface area contributed by atoms with E-state index in [9.17, 15) is 9.59 Å². The first-order chi connectivity index (χ1) is 14.8. The van der Waals surface area contributed by atoms with Crippen LogP contribution in [0.15, 0.2) is 66.9 Å². The van der Waals surface area contributed by atoms with Gasteiger partial charge in [-0.3, -0.25) is 9.59 Å². The molecule has 2 amide bonds. The summed E-state index contributed by atoms with van der Waals surface area (Å²) < 4.78 is 0. The normalized spacial score (nSPS) is 18.0. The van der Waals surface area contributed by atoms with Crippen LogP contribution in [0.1, 0.15) is 62.1 Å². The molecule has 4 nitrogen and oxygen atoms in total. The van der Waals surface area contributed by atoms with E-state index in [-0.39, 0.29) is 23.7 Å². The van der Waals surface area contributed by atoms with Gasteiger partial charge in [-0.2, -0.15) is 0 Å². The molecule has 3 atom stereocenters. The second kappa shape index (κ2) is 10.4. The van der Waals surface area contributed by atoms with Gasteiger partial charge in [0.05, 0.1) is 0 Å². The molecule has 0 bridgehead atoms. The fourth-order valence-electron chi connectivity index (χ4n) is 4.03. The lowest BCUT2D eigenvalue weighted by atomic mass is 9.92. The van der Waals surface area contributed by atoms with E-state index in [0.717, 1.165) is 12.0 Å². The number of aryl methyl sites for hydroxylation is 1. The van der Waals surface area contributed by atoms with Crippen molar-refractivity contribution in [2.45, 2.75) is 58.4 Å². The highest BCUT2D eigenvalue weighted by atomic mass is 16.2. The summed E-state index contributed by atoms with van der Waals surface area (Å²) >= 11 is 0. The average Bonchev–Trinajstić information content (AvgIpc) is 2.78. The minimum absolute atomic E-state index is 0.0201. The molecule has 0 saturated carbocycles. The highest BCUT2D eigenvalue weighted by molar-refractivity contribution is 5.88. The van der Waals surface area contributed by atoms with E-state index in [1.54, 1.807) is 4.90 Å². The van der Waals surface area contributed by atoms with Crippen molar-refractivity contribution in [3.8, 4) is 0 Å². The summed E-state index contributed by atoms with van der Waals surface area (Å²) in [4.78, 5) is 27.6. The van der Waals surface area contributed by atoms with Gasteiger partial charge in [0.15, 0.2) is 0 Å². The van der Waals surface area contributed by atoms with Crippen LogP contribution in [-0.2, 0) is 9.59 Å². The van der Waals surface area contributed by atoms with Crippen molar-refractivity contribution in [1.82, 2.24) is 10.2 Å². The molecule has 164 valence electrons. The molecule has 2 aromatic carbocycles. The maximum atomic E-state index is 13.2. The van der Waals surface area contributed by atoms with E-state index in [1.165, 1.54) is 11.1 Å². The molecule has 1 aliphatic heterocycles. The Kier molecular flexibility index (Phi) is 7.67. The SMILES string of the molecule is Cc1ccc(C2C=CN(C(=O)[C@H](NC(=O)CC(C)c3ccccc3)C(C)C)CC2)cc1. The number of hydrogen-bond acceptors (Lipinski definition) is 2. The van der Waals surface area contributed by atoms with Gasteiger partial charge in [-0.15, -0.1) is 0 Å². The van der Waals surface area contributed by atoms with E-state index < -0.39 is 6.04 Å². The van der Waals surface area contributed by atoms with Crippen LogP contribution in [-0.4, -0.2) is 29.3 Å². The molecule has 0 aliphatic carbocycles. The summed E-state index contributed by atoms with van der Waals surface area (Å²) in [5, 5.41) is 3.00. The van der Waals surface area contributed by atoms with Crippen LogP contribution in [0.4, 0.5) is 0 Å². The predicted octanol–water partition coefficient (Wildman–Crippen LogP) is 5.16. The second-order valence-corrected chi connectivity index (χ2v) is 8.98. The molecule has 0 fully saturated rings. The quantitative estimate of drug-likeness (QED) is 0.675. The largest absolute Gasteiger partial charge is 0.344 e. The molecule has 0 spiro atoms. The fourth-order valence-corrected chi connectivity index (χ4v) is 4.03. The molecule has 2 unspecified atom stereocenters. The molecule has 0 aromatic heterocycles. The molecule has 1 heterocycles. The molecule has 0 radical (unpaired) electrons. The van der Waals surface area contributed by atoms with Gasteiger partial charge in [0.2, 0.25) is 11.8 Å². The van der Waals surface area contributed by atoms with Crippen molar-refractivity contribution in [3.05, 3.63) is 83.6 Å². The third-order valence-electron chi connectivity index (χ3n) is 6.08. The zero-order valence-corrected chi connectivity index (χ0v) is 19.0. The van der Waals surface area contributed by atoms with Crippen molar-refractivity contribution < 1.29 is 9.59 Å². The molecule has 1 N–H and O–H groups in total. The Bertz CT molecular complexity index is 903. The van der Waals surface area contributed by atoms with E-state index in [0.29, 0.717) is 18.9 Å². The van der Waals surface area contributed by atoms with Crippen LogP contribution in [0.5, 0.6) is 0 Å². The minimum atomic E-state index is -0.518. The van der Waals surface area contributed by atoms with Crippen LogP contribution in [0.2, 0.25) is 0 Å². The van der Waals surface area contributed by atoms with Crippen molar-refractivity contribution in [3.63, 3.8) is 0 Å². The summed E-state index contributed by atoms with van der Waals surface area (Å²) in [6, 6.07) is 18.1. The van der Waals surface area contributed by atoms with Crippen molar-refractivity contribution in [2.75, 3.05) is 6.54 Å². The Morgan fingerprint density at radius 3 is 2.29 bits per heavy atom. The molecule has 1 aliphatic rings. The van der Waals surface area contributed by atoms with Gasteiger partial charge in [-0.25, -0.2) is 0 Å². The van der Waals surface area contributed by atoms with Crippen molar-refractivity contribution in [1.29, 1.82) is 0 Å². The topological polar surface area (TPSA) is 49.4 Å². The third-order valence-corrected chi connectivity index (χ3v) is 6.08. The van der Waals surface area contributed by atoms with Crippen LogP contribution < -0.4 is 5.32 Å². The Labute approximate surface area is 186 Å². The van der Waals surface area contributed by atoms with Gasteiger partial charge in [0.25, 0.3) is 0 Å². The third kappa shape index (κ3) is 6.06. The van der Waals surface area contributed by atoms with Crippen molar-refractivity contribution in [2.24, 2.45) is 5.92 Å². The Balaban J connectivity index is 1.60. The minimum Gasteiger partial charge on any atom is -0.344 e. The van der Waals surface area contributed by atoms with Gasteiger partial charge in [-0.1, -0.05) is 87.0 Å². The van der Waals surface area contributed by atoms with Gasteiger partial charge in [0, 0.05) is 25.1 Å². The van der Waals surface area contributed by atoms with Crippen LogP contribution in [0.3, 0.4) is 0 Å². The molecule has 4 heteroatoms. The zero-order valence-electron chi connectivity index (χ0n) is 19.0. The van der Waals surface area contributed by atoms with Crippen molar-refractivity contribution >= 4 is 11.8 Å². The fraction of sp³-hybridized carbons (Fsp3) is 0.407. The second-order valence-electron chi connectivity index (χ2n) is 8.98. The summed E-state index contributed by atoms with van der Waals surface area (Å²) in [5.74, 6) is 0.334. The lowest BCUT2D eigenvalue weighted by Crippen LogP contribution is -2.50. The molecule has 3 rings (SSSR count). The number of nitrogens with zero attached hydrogens (tertiary/aromatic N) is 1. The van der Waals surface area contributed by atoms with Crippen LogP contribution in [0.25, 0.3) is 0 Å². The van der Waals surface area contributed by atoms with E-state index in [1.807, 2.05) is 57.3 Å². The number of nitrogens with one attached hydrogen (secondary N) is 1. The lowest BCUT2D eigenvalue weighted by molar-refractivity contribution is -0.135. The molecule has 0 saturated heterocycles. The summed E-state index contributed by atoms with van der Waals surface area (Å²) in [7, 11) is 0. The van der Waals surface area contributed by atoms with Gasteiger partial charge in [-0.05, 0) is 36.3 Å². The predicted molar refractivity (Wildman–Crippen MR) is 126 cm³/mol. The number of allylic oxidation sites excluding steroid dienone is 1. The Morgan fingerprint density at radius 1 is 1.03 bits per heavy atom. The monoisotopic (exact) mass is 418 g/mol. The van der Waals surface area contributed by atoms with Gasteiger partial charge >= 0.3 is 0 Å². The number of rotatable bonds is 7. The maximum Gasteiger partial charge on any atom is 0.249 e. The smallest absolute Gasteiger partial charge is 0.249 e. The number of carbonyl (C=O) groups excluding carboxylic acids is 2. The van der Waals surface area contributed by atoms with Gasteiger partial charge < -0.3 is 10.2 Å². The first-order valence-electron chi connectivity index (χ1n) is 11.2. The Morgan fingerprint density at radius 2 is 1.71 bits per heavy atom. The van der Waals surface area contributed by atoms with E-state index >= 15 is 0 Å². The molecular weight excluding hydrogens is 384 g/mol. The Hall–Kier alpha value is -2.88. The standard InChI is InChI=1S/C27H34N2O2/c1-19(2)26(28-25(30)18-21(4)22-8-6-5-7-9-22)27(31)29-16-14-24(15-17-29)23-12-10-20(3)11-13-23/h5-14,16,19,21,24,26H,15,17-18H2,1-4H3,(H,28,30)/t21?,24?,26-/m1/s1. The average molecular weight is 419 g/mol. The van der Waals surface area contributed by atoms with Crippen LogP contribution in [0, 0.1) is 12.8 Å². The highest BCUT2D eigenvalue weighted by Crippen LogP contribution is 2.26. The van der Waals surface area contributed by atoms with E-state index in [4.69, 9.17) is 0 Å². The number of hydrogen-bond donors (Lipinski definition) is 1. The first kappa shape index (κ1) is 22.8. The zero-order chi connectivity index (χ0) is 22.4. The lowest BCUT2D eigenvalue weighted by Gasteiger charge is -2.31. The number of carbonyl (C=O) groups is 2.